The lowest BCUT2D eigenvalue weighted by atomic mass is 10.2. The van der Waals surface area contributed by atoms with Gasteiger partial charge in [-0.2, -0.15) is 4.39 Å². The zero-order chi connectivity index (χ0) is 15.1. The Morgan fingerprint density at radius 2 is 1.95 bits per heavy atom. The summed E-state index contributed by atoms with van der Waals surface area (Å²) in [7, 11) is 1.56. The Hall–Kier alpha value is -2.38. The van der Waals surface area contributed by atoms with E-state index in [-0.39, 0.29) is 6.54 Å². The first-order valence-electron chi connectivity index (χ1n) is 6.35. The van der Waals surface area contributed by atoms with E-state index in [2.05, 4.69) is 24.1 Å². The van der Waals surface area contributed by atoms with Crippen molar-refractivity contribution in [1.82, 2.24) is 0 Å². The average molecular weight is 299 g/mol. The van der Waals surface area contributed by atoms with Crippen LogP contribution in [0.1, 0.15) is 5.56 Å². The predicted octanol–water partition coefficient (Wildman–Crippen LogP) is 3.81. The molecule has 0 N–H and O–H groups in total. The van der Waals surface area contributed by atoms with Crippen LogP contribution in [0.4, 0.5) is 10.1 Å². The molecule has 0 heterocycles. The van der Waals surface area contributed by atoms with E-state index in [1.807, 2.05) is 30.3 Å². The lowest BCUT2D eigenvalue weighted by Crippen LogP contribution is -2.26. The number of hydrogen-bond acceptors (Lipinski definition) is 2. The number of methoxy groups -OCH3 is 1. The number of rotatable bonds is 3. The Bertz CT molecular complexity index is 676. The molecule has 0 unspecified atom stereocenters. The number of halogens is 1. The standard InChI is InChI=1S/C17H14FNOS/c1-20-16-11-5-10-15(13-16)19(17(18)21)12-6-9-14-7-3-2-4-8-14/h2-5,7-8,10-11,13H,12H2,1H3. The second kappa shape index (κ2) is 7.41. The molecule has 0 aromatic heterocycles. The van der Waals surface area contributed by atoms with E-state index in [0.29, 0.717) is 11.4 Å². The lowest BCUT2D eigenvalue weighted by molar-refractivity contribution is 0.415. The maximum absolute atomic E-state index is 13.6. The number of anilines is 1. The molecule has 0 amide bonds. The van der Waals surface area contributed by atoms with Crippen LogP contribution in [0.5, 0.6) is 5.75 Å². The summed E-state index contributed by atoms with van der Waals surface area (Å²) >= 11 is 4.66. The molecular weight excluding hydrogens is 285 g/mol. The van der Waals surface area contributed by atoms with Crippen LogP contribution in [0.25, 0.3) is 0 Å². The molecule has 0 spiro atoms. The zero-order valence-corrected chi connectivity index (χ0v) is 12.4. The van der Waals surface area contributed by atoms with Gasteiger partial charge in [-0.1, -0.05) is 36.1 Å². The summed E-state index contributed by atoms with van der Waals surface area (Å²) in [5.41, 5.74) is 1.50. The van der Waals surface area contributed by atoms with Crippen LogP contribution in [0, 0.1) is 11.8 Å². The van der Waals surface area contributed by atoms with Crippen molar-refractivity contribution in [2.45, 2.75) is 0 Å². The number of thiocarbonyl (C=S) groups is 1. The minimum absolute atomic E-state index is 0.178. The van der Waals surface area contributed by atoms with Gasteiger partial charge in [0.2, 0.25) is 0 Å². The minimum Gasteiger partial charge on any atom is -0.497 e. The molecule has 0 aliphatic carbocycles. The number of benzene rings is 2. The molecule has 0 bridgehead atoms. The van der Waals surface area contributed by atoms with Crippen molar-refractivity contribution >= 4 is 23.1 Å². The zero-order valence-electron chi connectivity index (χ0n) is 11.5. The normalized spacial score (nSPS) is 9.43. The molecule has 21 heavy (non-hydrogen) atoms. The van der Waals surface area contributed by atoms with Gasteiger partial charge in [-0.05, 0) is 36.5 Å². The van der Waals surface area contributed by atoms with Crippen LogP contribution >= 0.6 is 12.2 Å². The maximum Gasteiger partial charge on any atom is 0.260 e. The van der Waals surface area contributed by atoms with Gasteiger partial charge >= 0.3 is 0 Å². The Kier molecular flexibility index (Phi) is 5.30. The summed E-state index contributed by atoms with van der Waals surface area (Å²) in [4.78, 5) is 1.33. The Morgan fingerprint density at radius 3 is 2.62 bits per heavy atom. The van der Waals surface area contributed by atoms with Crippen LogP contribution in [0.15, 0.2) is 54.6 Å². The highest BCUT2D eigenvalue weighted by Gasteiger charge is 2.10. The minimum atomic E-state index is -0.717. The first-order valence-corrected chi connectivity index (χ1v) is 6.76. The van der Waals surface area contributed by atoms with Crippen LogP contribution in [0.3, 0.4) is 0 Å². The van der Waals surface area contributed by atoms with Gasteiger partial charge in [0.1, 0.15) is 5.75 Å². The van der Waals surface area contributed by atoms with Crippen LogP contribution in [0.2, 0.25) is 0 Å². The number of hydrogen-bond donors (Lipinski definition) is 0. The molecule has 0 atom stereocenters. The van der Waals surface area contributed by atoms with E-state index in [1.165, 1.54) is 4.90 Å². The first kappa shape index (κ1) is 15.0. The lowest BCUT2D eigenvalue weighted by Gasteiger charge is -2.18. The Morgan fingerprint density at radius 1 is 1.19 bits per heavy atom. The van der Waals surface area contributed by atoms with E-state index in [9.17, 15) is 4.39 Å². The molecule has 2 aromatic rings. The van der Waals surface area contributed by atoms with E-state index in [0.717, 1.165) is 5.56 Å². The first-order chi connectivity index (χ1) is 10.2. The van der Waals surface area contributed by atoms with Gasteiger partial charge < -0.3 is 4.74 Å². The van der Waals surface area contributed by atoms with Gasteiger partial charge in [0, 0.05) is 17.3 Å². The fourth-order valence-corrected chi connectivity index (χ4v) is 1.95. The molecule has 4 heteroatoms. The summed E-state index contributed by atoms with van der Waals surface area (Å²) in [6.07, 6.45) is 0. The van der Waals surface area contributed by atoms with E-state index >= 15 is 0 Å². The van der Waals surface area contributed by atoms with Crippen molar-refractivity contribution in [3.05, 3.63) is 60.2 Å². The highest BCUT2D eigenvalue weighted by molar-refractivity contribution is 7.80. The van der Waals surface area contributed by atoms with Crippen molar-refractivity contribution in [3.63, 3.8) is 0 Å². The van der Waals surface area contributed by atoms with Gasteiger partial charge in [-0.25, -0.2) is 0 Å². The van der Waals surface area contributed by atoms with Crippen LogP contribution < -0.4 is 9.64 Å². The quantitative estimate of drug-likeness (QED) is 0.370. The molecule has 0 aliphatic heterocycles. The van der Waals surface area contributed by atoms with Gasteiger partial charge in [-0.3, -0.25) is 4.90 Å². The second-order valence-corrected chi connectivity index (χ2v) is 4.55. The Labute approximate surface area is 129 Å². The third-order valence-electron chi connectivity index (χ3n) is 2.82. The van der Waals surface area contributed by atoms with Crippen LogP contribution in [-0.4, -0.2) is 18.9 Å². The van der Waals surface area contributed by atoms with Crippen LogP contribution in [-0.2, 0) is 0 Å². The summed E-state index contributed by atoms with van der Waals surface area (Å²) in [5.74, 6) is 6.55. The van der Waals surface area contributed by atoms with E-state index in [1.54, 1.807) is 31.4 Å². The molecule has 0 fully saturated rings. The third-order valence-corrected chi connectivity index (χ3v) is 3.04. The van der Waals surface area contributed by atoms with E-state index in [4.69, 9.17) is 4.74 Å². The van der Waals surface area contributed by atoms with E-state index < -0.39 is 5.24 Å². The third kappa shape index (κ3) is 4.30. The number of nitrogens with zero attached hydrogens (tertiary/aromatic N) is 1. The smallest absolute Gasteiger partial charge is 0.260 e. The van der Waals surface area contributed by atoms with Crippen molar-refractivity contribution in [3.8, 4) is 17.6 Å². The Balaban J connectivity index is 2.17. The fourth-order valence-electron chi connectivity index (χ4n) is 1.78. The predicted molar refractivity (Wildman–Crippen MR) is 87.4 cm³/mol. The highest BCUT2D eigenvalue weighted by atomic mass is 32.1. The average Bonchev–Trinajstić information content (AvgIpc) is 2.52. The monoisotopic (exact) mass is 299 g/mol. The van der Waals surface area contributed by atoms with Crippen molar-refractivity contribution < 1.29 is 9.13 Å². The summed E-state index contributed by atoms with van der Waals surface area (Å²) < 4.78 is 18.7. The van der Waals surface area contributed by atoms with Crippen molar-refractivity contribution in [1.29, 1.82) is 0 Å². The molecule has 0 saturated carbocycles. The van der Waals surface area contributed by atoms with Crippen molar-refractivity contribution in [2.75, 3.05) is 18.6 Å². The molecule has 0 saturated heterocycles. The van der Waals surface area contributed by atoms with Gasteiger partial charge in [-0.15, -0.1) is 0 Å². The summed E-state index contributed by atoms with van der Waals surface area (Å²) in [6, 6.07) is 16.6. The molecular formula is C17H14FNOS. The summed E-state index contributed by atoms with van der Waals surface area (Å²) in [6.45, 7) is 0.178. The molecule has 0 aliphatic rings. The summed E-state index contributed by atoms with van der Waals surface area (Å²) in [5, 5.41) is -0.717. The second-order valence-electron chi connectivity index (χ2n) is 4.21. The molecule has 0 radical (unpaired) electrons. The highest BCUT2D eigenvalue weighted by Crippen LogP contribution is 2.21. The van der Waals surface area contributed by atoms with Gasteiger partial charge in [0.05, 0.1) is 13.7 Å². The van der Waals surface area contributed by atoms with Gasteiger partial charge in [0.15, 0.2) is 0 Å². The maximum atomic E-state index is 13.6. The van der Waals surface area contributed by atoms with Gasteiger partial charge in [0.25, 0.3) is 5.24 Å². The molecule has 106 valence electrons. The van der Waals surface area contributed by atoms with Crippen molar-refractivity contribution in [2.24, 2.45) is 0 Å². The molecule has 2 rings (SSSR count). The molecule has 2 nitrogen and oxygen atoms in total. The SMILES string of the molecule is COc1cccc(N(CC#Cc2ccccc2)C(F)=S)c1. The largest absolute Gasteiger partial charge is 0.497 e. The molecule has 2 aromatic carbocycles. The number of ether oxygens (including phenoxy) is 1. The topological polar surface area (TPSA) is 12.5 Å². The fraction of sp³-hybridized carbons (Fsp3) is 0.118.